The number of halogens is 1. The van der Waals surface area contributed by atoms with Crippen LogP contribution < -0.4 is 11.1 Å². The number of hydrogen-bond donors (Lipinski definition) is 2. The number of aromatic nitrogens is 1. The summed E-state index contributed by atoms with van der Waals surface area (Å²) in [6.07, 6.45) is 3.54. The normalized spacial score (nSPS) is 12.2. The molecule has 1 aromatic heterocycles. The van der Waals surface area contributed by atoms with Crippen LogP contribution in [-0.4, -0.2) is 11.5 Å². The molecule has 0 amide bonds. The zero-order valence-corrected chi connectivity index (χ0v) is 11.0. The van der Waals surface area contributed by atoms with E-state index < -0.39 is 0 Å². The molecule has 1 atom stereocenters. The van der Waals surface area contributed by atoms with Crippen molar-refractivity contribution in [3.8, 4) is 0 Å². The summed E-state index contributed by atoms with van der Waals surface area (Å²) in [5, 5.41) is 4.13. The highest BCUT2D eigenvalue weighted by Gasteiger charge is 2.10. The van der Waals surface area contributed by atoms with E-state index in [9.17, 15) is 0 Å². The van der Waals surface area contributed by atoms with Crippen LogP contribution in [0.5, 0.6) is 0 Å². The molecule has 18 heavy (non-hydrogen) atoms. The van der Waals surface area contributed by atoms with E-state index in [2.05, 4.69) is 10.3 Å². The van der Waals surface area contributed by atoms with Gasteiger partial charge in [0.05, 0.1) is 6.04 Å². The minimum atomic E-state index is 0.0603. The fraction of sp³-hybridized carbons (Fsp3) is 0.214. The molecule has 2 rings (SSSR count). The molecule has 4 heteroatoms. The van der Waals surface area contributed by atoms with Gasteiger partial charge in [0.25, 0.3) is 0 Å². The molecule has 1 heterocycles. The Morgan fingerprint density at radius 2 is 2.00 bits per heavy atom. The van der Waals surface area contributed by atoms with Crippen LogP contribution in [0.1, 0.15) is 17.2 Å². The summed E-state index contributed by atoms with van der Waals surface area (Å²) in [4.78, 5) is 4.01. The standard InChI is InChI=1S/C14H16ClN3/c1-10-2-3-12(15)8-13(10)18-14(9-16)11-4-6-17-7-5-11/h2-8,14,18H,9,16H2,1H3. The van der Waals surface area contributed by atoms with Gasteiger partial charge in [-0.05, 0) is 42.3 Å². The van der Waals surface area contributed by atoms with Crippen molar-refractivity contribution in [1.82, 2.24) is 4.98 Å². The van der Waals surface area contributed by atoms with Crippen molar-refractivity contribution in [2.45, 2.75) is 13.0 Å². The maximum Gasteiger partial charge on any atom is 0.0637 e. The van der Waals surface area contributed by atoms with E-state index in [-0.39, 0.29) is 6.04 Å². The molecule has 0 saturated heterocycles. The molecule has 0 aliphatic carbocycles. The number of nitrogens with zero attached hydrogens (tertiary/aromatic N) is 1. The maximum absolute atomic E-state index is 6.01. The lowest BCUT2D eigenvalue weighted by Crippen LogP contribution is -2.21. The molecule has 3 N–H and O–H groups in total. The molecular formula is C14H16ClN3. The van der Waals surface area contributed by atoms with E-state index in [0.29, 0.717) is 11.6 Å². The van der Waals surface area contributed by atoms with E-state index in [0.717, 1.165) is 16.8 Å². The fourth-order valence-electron chi connectivity index (χ4n) is 1.81. The first-order chi connectivity index (χ1) is 8.70. The van der Waals surface area contributed by atoms with Crippen molar-refractivity contribution < 1.29 is 0 Å². The molecule has 1 aromatic carbocycles. The van der Waals surface area contributed by atoms with Crippen molar-refractivity contribution in [3.05, 3.63) is 58.9 Å². The third-order valence-corrected chi connectivity index (χ3v) is 3.11. The van der Waals surface area contributed by atoms with Gasteiger partial charge in [-0.1, -0.05) is 17.7 Å². The van der Waals surface area contributed by atoms with E-state index in [1.54, 1.807) is 12.4 Å². The van der Waals surface area contributed by atoms with E-state index in [1.165, 1.54) is 0 Å². The SMILES string of the molecule is Cc1ccc(Cl)cc1NC(CN)c1ccncc1. The van der Waals surface area contributed by atoms with Gasteiger partial charge in [-0.15, -0.1) is 0 Å². The molecule has 0 aliphatic heterocycles. The quantitative estimate of drug-likeness (QED) is 0.889. The van der Waals surface area contributed by atoms with Gasteiger partial charge in [0.15, 0.2) is 0 Å². The summed E-state index contributed by atoms with van der Waals surface area (Å²) < 4.78 is 0. The van der Waals surface area contributed by atoms with E-state index in [1.807, 2.05) is 37.3 Å². The number of nitrogens with one attached hydrogen (secondary N) is 1. The largest absolute Gasteiger partial charge is 0.377 e. The molecule has 1 unspecified atom stereocenters. The van der Waals surface area contributed by atoms with Gasteiger partial charge in [-0.2, -0.15) is 0 Å². The summed E-state index contributed by atoms with van der Waals surface area (Å²) in [6, 6.07) is 9.77. The Kier molecular flexibility index (Phi) is 4.18. The van der Waals surface area contributed by atoms with Gasteiger partial charge >= 0.3 is 0 Å². The predicted octanol–water partition coefficient (Wildman–Crippen LogP) is 3.16. The Hall–Kier alpha value is -1.58. The molecule has 94 valence electrons. The number of rotatable bonds is 4. The van der Waals surface area contributed by atoms with Crippen molar-refractivity contribution in [3.63, 3.8) is 0 Å². The van der Waals surface area contributed by atoms with Gasteiger partial charge in [-0.3, -0.25) is 4.98 Å². The predicted molar refractivity (Wildman–Crippen MR) is 75.8 cm³/mol. The third kappa shape index (κ3) is 3.00. The van der Waals surface area contributed by atoms with Gasteiger partial charge in [-0.25, -0.2) is 0 Å². The second-order valence-electron chi connectivity index (χ2n) is 4.17. The Bertz CT molecular complexity index is 514. The number of benzene rings is 1. The lowest BCUT2D eigenvalue weighted by molar-refractivity contribution is 0.787. The summed E-state index contributed by atoms with van der Waals surface area (Å²) in [6.45, 7) is 2.55. The zero-order valence-electron chi connectivity index (χ0n) is 10.2. The second-order valence-corrected chi connectivity index (χ2v) is 4.61. The van der Waals surface area contributed by atoms with Crippen LogP contribution in [0.4, 0.5) is 5.69 Å². The average Bonchev–Trinajstić information content (AvgIpc) is 2.41. The highest BCUT2D eigenvalue weighted by molar-refractivity contribution is 6.30. The van der Waals surface area contributed by atoms with Gasteiger partial charge in [0.2, 0.25) is 0 Å². The lowest BCUT2D eigenvalue weighted by atomic mass is 10.1. The Labute approximate surface area is 112 Å². The van der Waals surface area contributed by atoms with Crippen LogP contribution >= 0.6 is 11.6 Å². The second kappa shape index (κ2) is 5.85. The van der Waals surface area contributed by atoms with Gasteiger partial charge in [0, 0.05) is 29.6 Å². The molecule has 2 aromatic rings. The zero-order chi connectivity index (χ0) is 13.0. The molecule has 0 saturated carbocycles. The molecule has 3 nitrogen and oxygen atoms in total. The van der Waals surface area contributed by atoms with Crippen molar-refractivity contribution in [2.24, 2.45) is 5.73 Å². The first kappa shape index (κ1) is 12.9. The third-order valence-electron chi connectivity index (χ3n) is 2.87. The molecule has 0 radical (unpaired) electrons. The van der Waals surface area contributed by atoms with Crippen LogP contribution in [0.25, 0.3) is 0 Å². The summed E-state index contributed by atoms with van der Waals surface area (Å²) in [5.41, 5.74) is 9.10. The first-order valence-electron chi connectivity index (χ1n) is 5.83. The molecule has 0 aliphatic rings. The van der Waals surface area contributed by atoms with E-state index in [4.69, 9.17) is 17.3 Å². The number of pyridine rings is 1. The number of aryl methyl sites for hydroxylation is 1. The summed E-state index contributed by atoms with van der Waals surface area (Å²) in [7, 11) is 0. The van der Waals surface area contributed by atoms with Crippen molar-refractivity contribution in [1.29, 1.82) is 0 Å². The molecule has 0 spiro atoms. The first-order valence-corrected chi connectivity index (χ1v) is 6.21. The molecular weight excluding hydrogens is 246 g/mol. The minimum absolute atomic E-state index is 0.0603. The fourth-order valence-corrected chi connectivity index (χ4v) is 1.98. The smallest absolute Gasteiger partial charge is 0.0637 e. The summed E-state index contributed by atoms with van der Waals surface area (Å²) in [5.74, 6) is 0. The molecule has 0 fully saturated rings. The average molecular weight is 262 g/mol. The number of hydrogen-bond acceptors (Lipinski definition) is 3. The van der Waals surface area contributed by atoms with Crippen molar-refractivity contribution >= 4 is 17.3 Å². The van der Waals surface area contributed by atoms with Crippen LogP contribution in [0.3, 0.4) is 0 Å². The highest BCUT2D eigenvalue weighted by atomic mass is 35.5. The van der Waals surface area contributed by atoms with Crippen LogP contribution in [-0.2, 0) is 0 Å². The minimum Gasteiger partial charge on any atom is -0.377 e. The maximum atomic E-state index is 6.01. The van der Waals surface area contributed by atoms with E-state index >= 15 is 0 Å². The van der Waals surface area contributed by atoms with Crippen LogP contribution in [0.15, 0.2) is 42.7 Å². The Morgan fingerprint density at radius 1 is 1.28 bits per heavy atom. The van der Waals surface area contributed by atoms with Gasteiger partial charge in [0.1, 0.15) is 0 Å². The van der Waals surface area contributed by atoms with Crippen molar-refractivity contribution in [2.75, 3.05) is 11.9 Å². The van der Waals surface area contributed by atoms with Gasteiger partial charge < -0.3 is 11.1 Å². The Balaban J connectivity index is 2.23. The lowest BCUT2D eigenvalue weighted by Gasteiger charge is -2.20. The summed E-state index contributed by atoms with van der Waals surface area (Å²) >= 11 is 6.01. The Morgan fingerprint density at radius 3 is 2.67 bits per heavy atom. The monoisotopic (exact) mass is 261 g/mol. The number of nitrogens with two attached hydrogens (primary N) is 1. The topological polar surface area (TPSA) is 50.9 Å². The molecule has 0 bridgehead atoms. The van der Waals surface area contributed by atoms with Crippen LogP contribution in [0.2, 0.25) is 5.02 Å². The van der Waals surface area contributed by atoms with Crippen LogP contribution in [0, 0.1) is 6.92 Å². The number of anilines is 1. The highest BCUT2D eigenvalue weighted by Crippen LogP contribution is 2.24.